The maximum absolute atomic E-state index is 14.5. The highest BCUT2D eigenvalue weighted by Crippen LogP contribution is 2.26. The summed E-state index contributed by atoms with van der Waals surface area (Å²) in [5.41, 5.74) is 0.631. The van der Waals surface area contributed by atoms with Crippen molar-refractivity contribution < 1.29 is 13.9 Å². The molecule has 0 spiro atoms. The maximum atomic E-state index is 14.5. The van der Waals surface area contributed by atoms with E-state index < -0.39 is 5.82 Å². The number of benzene rings is 1. The number of nitrogens with one attached hydrogen (secondary N) is 2. The van der Waals surface area contributed by atoms with E-state index in [1.54, 1.807) is 17.8 Å². The third-order valence-corrected chi connectivity index (χ3v) is 6.43. The molecule has 6 nitrogen and oxygen atoms in total. The lowest BCUT2D eigenvalue weighted by Crippen LogP contribution is -2.28. The van der Waals surface area contributed by atoms with E-state index in [1.807, 2.05) is 0 Å². The molecule has 0 amide bonds. The highest BCUT2D eigenvalue weighted by Gasteiger charge is 2.18. The van der Waals surface area contributed by atoms with Crippen molar-refractivity contribution in [2.75, 3.05) is 31.7 Å². The molecule has 2 aromatic rings. The van der Waals surface area contributed by atoms with E-state index in [0.717, 1.165) is 38.9 Å². The average molecular weight is 393 g/mol. The number of ether oxygens (including phenoxy) is 2. The zero-order valence-electron chi connectivity index (χ0n) is 15.1. The van der Waals surface area contributed by atoms with Gasteiger partial charge in [0, 0.05) is 37.7 Å². The lowest BCUT2D eigenvalue weighted by atomic mass is 10.1. The second-order valence-electron chi connectivity index (χ2n) is 7.02. The molecule has 1 aromatic heterocycles. The molecule has 0 aliphatic carbocycles. The van der Waals surface area contributed by atoms with Crippen LogP contribution in [0.5, 0.6) is 0 Å². The number of hydrogen-bond donors (Lipinski definition) is 2. The first kappa shape index (κ1) is 18.7. The molecule has 2 aliphatic heterocycles. The second kappa shape index (κ2) is 8.58. The quantitative estimate of drug-likeness (QED) is 0.813. The van der Waals surface area contributed by atoms with Gasteiger partial charge in [0.25, 0.3) is 5.56 Å². The third-order valence-electron chi connectivity index (χ3n) is 5.05. The van der Waals surface area contributed by atoms with E-state index in [1.165, 1.54) is 6.07 Å². The smallest absolute Gasteiger partial charge is 0.258 e. The van der Waals surface area contributed by atoms with Crippen LogP contribution in [0.15, 0.2) is 16.9 Å². The van der Waals surface area contributed by atoms with E-state index in [9.17, 15) is 9.18 Å². The van der Waals surface area contributed by atoms with Crippen LogP contribution in [0, 0.1) is 5.82 Å². The number of aromatic amines is 1. The molecular formula is C19H24FN3O3S. The zero-order valence-corrected chi connectivity index (χ0v) is 15.9. The minimum absolute atomic E-state index is 0.177. The Labute approximate surface area is 161 Å². The number of thioether (sulfide) groups is 1. The number of nitrogens with zero attached hydrogens (tertiary/aromatic N) is 1. The molecule has 0 saturated carbocycles. The van der Waals surface area contributed by atoms with Crippen LogP contribution in [0.1, 0.15) is 31.5 Å². The summed E-state index contributed by atoms with van der Waals surface area (Å²) in [6.45, 7) is 2.94. The Morgan fingerprint density at radius 2 is 1.85 bits per heavy atom. The number of anilines is 1. The summed E-state index contributed by atoms with van der Waals surface area (Å²) in [6, 6.07) is 3.10. The van der Waals surface area contributed by atoms with Gasteiger partial charge in [0.05, 0.1) is 22.3 Å². The van der Waals surface area contributed by atoms with Gasteiger partial charge in [-0.1, -0.05) is 0 Å². The molecule has 8 heteroatoms. The van der Waals surface area contributed by atoms with Crippen molar-refractivity contribution >= 4 is 28.4 Å². The van der Waals surface area contributed by atoms with Crippen LogP contribution >= 0.6 is 11.8 Å². The van der Waals surface area contributed by atoms with Gasteiger partial charge >= 0.3 is 0 Å². The second-order valence-corrected chi connectivity index (χ2v) is 8.30. The highest BCUT2D eigenvalue weighted by atomic mass is 32.2. The first-order valence-corrected chi connectivity index (χ1v) is 10.5. The minimum Gasteiger partial charge on any atom is -0.381 e. The molecule has 3 heterocycles. The monoisotopic (exact) mass is 393 g/mol. The number of H-pyrrole nitrogens is 1. The van der Waals surface area contributed by atoms with E-state index in [0.29, 0.717) is 41.2 Å². The SMILES string of the molecule is O=c1[nH]c(CSC2CCOCC2)nc2cc(NC3CCOCC3)c(F)cc12. The molecule has 0 radical (unpaired) electrons. The Bertz CT molecular complexity index is 848. The normalized spacial score (nSPS) is 19.4. The van der Waals surface area contributed by atoms with Crippen LogP contribution in [0.3, 0.4) is 0 Å². The van der Waals surface area contributed by atoms with Gasteiger partial charge in [0.1, 0.15) is 11.6 Å². The Morgan fingerprint density at radius 1 is 1.15 bits per heavy atom. The molecule has 0 atom stereocenters. The number of aromatic nitrogens is 2. The molecule has 4 rings (SSSR count). The van der Waals surface area contributed by atoms with Crippen LogP contribution in [0.25, 0.3) is 10.9 Å². The number of fused-ring (bicyclic) bond motifs is 1. The fourth-order valence-electron chi connectivity index (χ4n) is 3.49. The summed E-state index contributed by atoms with van der Waals surface area (Å²) in [5.74, 6) is 0.842. The third kappa shape index (κ3) is 4.62. The van der Waals surface area contributed by atoms with Crippen LogP contribution in [-0.2, 0) is 15.2 Å². The molecule has 146 valence electrons. The van der Waals surface area contributed by atoms with Crippen molar-refractivity contribution in [2.24, 2.45) is 0 Å². The molecule has 27 heavy (non-hydrogen) atoms. The van der Waals surface area contributed by atoms with Crippen molar-refractivity contribution in [3.63, 3.8) is 0 Å². The predicted molar refractivity (Wildman–Crippen MR) is 105 cm³/mol. The van der Waals surface area contributed by atoms with Crippen molar-refractivity contribution in [1.29, 1.82) is 0 Å². The van der Waals surface area contributed by atoms with Crippen LogP contribution in [0.2, 0.25) is 0 Å². The Morgan fingerprint density at radius 3 is 2.59 bits per heavy atom. The number of hydrogen-bond acceptors (Lipinski definition) is 6. The van der Waals surface area contributed by atoms with Crippen molar-refractivity contribution in [3.8, 4) is 0 Å². The van der Waals surface area contributed by atoms with Gasteiger partial charge in [-0.3, -0.25) is 4.79 Å². The van der Waals surface area contributed by atoms with Gasteiger partial charge in [-0.2, -0.15) is 11.8 Å². The minimum atomic E-state index is -0.425. The lowest BCUT2D eigenvalue weighted by Gasteiger charge is -2.24. The summed E-state index contributed by atoms with van der Waals surface area (Å²) in [4.78, 5) is 19.7. The van der Waals surface area contributed by atoms with Gasteiger partial charge in [0.2, 0.25) is 0 Å². The maximum Gasteiger partial charge on any atom is 0.258 e. The Hall–Kier alpha value is -1.64. The molecular weight excluding hydrogens is 369 g/mol. The number of rotatable bonds is 5. The lowest BCUT2D eigenvalue weighted by molar-refractivity contribution is 0.0904. The van der Waals surface area contributed by atoms with Crippen molar-refractivity contribution in [3.05, 3.63) is 34.1 Å². The Kier molecular flexibility index (Phi) is 5.95. The van der Waals surface area contributed by atoms with Crippen molar-refractivity contribution in [1.82, 2.24) is 9.97 Å². The van der Waals surface area contributed by atoms with Crippen LogP contribution < -0.4 is 10.9 Å². The first-order chi connectivity index (χ1) is 13.2. The largest absolute Gasteiger partial charge is 0.381 e. The predicted octanol–water partition coefficient (Wildman–Crippen LogP) is 3.07. The van der Waals surface area contributed by atoms with E-state index in [-0.39, 0.29) is 17.0 Å². The molecule has 0 bridgehead atoms. The Balaban J connectivity index is 1.53. The van der Waals surface area contributed by atoms with Gasteiger partial charge in [0.15, 0.2) is 0 Å². The standard InChI is InChI=1S/C19H24FN3O3S/c20-15-9-14-16(10-17(15)21-12-1-5-25-6-2-12)22-18(23-19(14)24)11-27-13-3-7-26-8-4-13/h9-10,12-13,21H,1-8,11H2,(H,22,23,24). The molecule has 2 saturated heterocycles. The molecule has 2 aliphatic rings. The van der Waals surface area contributed by atoms with E-state index >= 15 is 0 Å². The van der Waals surface area contributed by atoms with Gasteiger partial charge in [-0.05, 0) is 37.8 Å². The number of halogens is 1. The average Bonchev–Trinajstić information content (AvgIpc) is 2.69. The molecule has 2 N–H and O–H groups in total. The van der Waals surface area contributed by atoms with Crippen molar-refractivity contribution in [2.45, 2.75) is 42.7 Å². The first-order valence-electron chi connectivity index (χ1n) is 9.45. The molecule has 2 fully saturated rings. The van der Waals surface area contributed by atoms with E-state index in [2.05, 4.69) is 15.3 Å². The summed E-state index contributed by atoms with van der Waals surface area (Å²) in [7, 11) is 0. The topological polar surface area (TPSA) is 76.2 Å². The zero-order chi connectivity index (χ0) is 18.6. The van der Waals surface area contributed by atoms with Gasteiger partial charge in [-0.15, -0.1) is 0 Å². The summed E-state index contributed by atoms with van der Waals surface area (Å²) < 4.78 is 25.2. The summed E-state index contributed by atoms with van der Waals surface area (Å²) in [6.07, 6.45) is 3.72. The van der Waals surface area contributed by atoms with Crippen LogP contribution in [-0.4, -0.2) is 47.7 Å². The summed E-state index contributed by atoms with van der Waals surface area (Å²) >= 11 is 1.79. The molecule has 0 unspecified atom stereocenters. The molecule has 1 aromatic carbocycles. The highest BCUT2D eigenvalue weighted by molar-refractivity contribution is 7.99. The van der Waals surface area contributed by atoms with Crippen LogP contribution in [0.4, 0.5) is 10.1 Å². The summed E-state index contributed by atoms with van der Waals surface area (Å²) in [5, 5.41) is 4.05. The fourth-order valence-corrected chi connectivity index (χ4v) is 4.54. The fraction of sp³-hybridized carbons (Fsp3) is 0.579. The van der Waals surface area contributed by atoms with E-state index in [4.69, 9.17) is 9.47 Å². The van der Waals surface area contributed by atoms with Gasteiger partial charge < -0.3 is 19.8 Å². The van der Waals surface area contributed by atoms with Gasteiger partial charge in [-0.25, -0.2) is 9.37 Å².